The zero-order chi connectivity index (χ0) is 57.6. The van der Waals surface area contributed by atoms with Crippen molar-refractivity contribution in [2.24, 2.45) is 0 Å². The smallest absolute Gasteiger partial charge is 0.361 e. The number of esters is 2. The molecule has 0 fully saturated rings. The molecule has 0 heterocycles. The topological polar surface area (TPSA) is 108 Å². The minimum absolute atomic E-state index is 0.185. The van der Waals surface area contributed by atoms with Crippen molar-refractivity contribution >= 4 is 17.9 Å². The number of ether oxygens (including phenoxy) is 4. The van der Waals surface area contributed by atoms with Crippen molar-refractivity contribution < 1.29 is 42.9 Å². The standard InChI is InChI=1S/C70H123NO8/c1-6-8-10-12-14-16-18-20-22-24-26-28-30-32-34-36-38-40-42-44-46-48-50-52-54-56-58-60-67(72)77-64-66(65-78-70(69(74)75)76-63-62-71(3,4)5)79-68(73)61-59-57-55-53-51-49-47-45-43-41-39-37-35-33-31-29-27-25-23-21-19-17-15-13-11-9-7-2/h9,11,15,17-18,20-21,23-24,26-27,29,33,35,66,70H,6-8,10,12-14,16,19,22,25,28,30-32,34,36-65H2,1-5H3/p+1/b11-9-,17-15-,20-18-,23-21-,26-24-,29-27-,35-33-. The van der Waals surface area contributed by atoms with Crippen LogP contribution in [0.5, 0.6) is 0 Å². The van der Waals surface area contributed by atoms with Gasteiger partial charge in [0.15, 0.2) is 6.10 Å². The third-order valence-electron chi connectivity index (χ3n) is 14.1. The Bertz CT molecular complexity index is 1570. The molecular weight excluding hydrogens is 983 g/mol. The fourth-order valence-electron chi connectivity index (χ4n) is 9.13. The molecule has 0 amide bonds. The molecule has 2 unspecified atom stereocenters. The fourth-order valence-corrected chi connectivity index (χ4v) is 9.13. The number of hydrogen-bond acceptors (Lipinski definition) is 7. The molecule has 0 aliphatic carbocycles. The highest BCUT2D eigenvalue weighted by Gasteiger charge is 2.25. The zero-order valence-electron chi connectivity index (χ0n) is 52.0. The molecule has 0 rings (SSSR count). The third-order valence-corrected chi connectivity index (χ3v) is 14.1. The lowest BCUT2D eigenvalue weighted by molar-refractivity contribution is -0.870. The SMILES string of the molecule is CC/C=C\C/C=C\C/C=C\C/C=C\C/C=C\CCCCCCCCCCCCCC(=O)OC(COC(=O)CCCCCCCCCCCCCCCCC/C=C\C/C=C\CCCCCCC)COC(OCC[N+](C)(C)C)C(=O)O. The van der Waals surface area contributed by atoms with E-state index < -0.39 is 24.3 Å². The quantitative estimate of drug-likeness (QED) is 0.0211. The second-order valence-corrected chi connectivity index (χ2v) is 23.0. The maximum absolute atomic E-state index is 12.9. The summed E-state index contributed by atoms with van der Waals surface area (Å²) >= 11 is 0. The van der Waals surface area contributed by atoms with Crippen LogP contribution in [0.3, 0.4) is 0 Å². The summed E-state index contributed by atoms with van der Waals surface area (Å²) in [6.07, 6.45) is 78.2. The highest BCUT2D eigenvalue weighted by atomic mass is 16.7. The first kappa shape index (κ1) is 75.5. The molecule has 0 aromatic rings. The van der Waals surface area contributed by atoms with Crippen LogP contribution in [0.1, 0.15) is 284 Å². The van der Waals surface area contributed by atoms with Crippen LogP contribution in [-0.4, -0.2) is 87.4 Å². The van der Waals surface area contributed by atoms with Crippen LogP contribution in [-0.2, 0) is 33.3 Å². The van der Waals surface area contributed by atoms with Gasteiger partial charge in [0, 0.05) is 12.8 Å². The number of carbonyl (C=O) groups is 3. The summed E-state index contributed by atoms with van der Waals surface area (Å²) in [7, 11) is 5.97. The Morgan fingerprint density at radius 2 is 0.722 bits per heavy atom. The van der Waals surface area contributed by atoms with Crippen molar-refractivity contribution in [3.63, 3.8) is 0 Å². The van der Waals surface area contributed by atoms with Gasteiger partial charge in [-0.2, -0.15) is 0 Å². The number of aliphatic carboxylic acids is 1. The number of nitrogens with zero attached hydrogens (tertiary/aromatic N) is 1. The number of likely N-dealkylation sites (N-methyl/N-ethyl adjacent to an activating group) is 1. The molecule has 0 aliphatic heterocycles. The zero-order valence-corrected chi connectivity index (χ0v) is 52.0. The Balaban J connectivity index is 4.17. The molecule has 0 radical (unpaired) electrons. The Morgan fingerprint density at radius 1 is 0.392 bits per heavy atom. The van der Waals surface area contributed by atoms with Crippen LogP contribution in [0.2, 0.25) is 0 Å². The lowest BCUT2D eigenvalue weighted by Gasteiger charge is -2.25. The van der Waals surface area contributed by atoms with Crippen LogP contribution in [0.15, 0.2) is 85.1 Å². The average molecular weight is 1110 g/mol. The minimum Gasteiger partial charge on any atom is -0.477 e. The van der Waals surface area contributed by atoms with Gasteiger partial charge in [-0.05, 0) is 89.9 Å². The highest BCUT2D eigenvalue weighted by molar-refractivity contribution is 5.71. The molecule has 0 saturated heterocycles. The van der Waals surface area contributed by atoms with Crippen molar-refractivity contribution in [3.05, 3.63) is 85.1 Å². The van der Waals surface area contributed by atoms with Gasteiger partial charge in [0.2, 0.25) is 0 Å². The Hall–Kier alpha value is -3.53. The molecule has 79 heavy (non-hydrogen) atoms. The van der Waals surface area contributed by atoms with E-state index in [2.05, 4.69) is 98.9 Å². The van der Waals surface area contributed by atoms with Gasteiger partial charge >= 0.3 is 17.9 Å². The van der Waals surface area contributed by atoms with E-state index in [1.54, 1.807) is 0 Å². The van der Waals surface area contributed by atoms with E-state index in [1.807, 2.05) is 21.1 Å². The van der Waals surface area contributed by atoms with Crippen molar-refractivity contribution in [3.8, 4) is 0 Å². The Kier molecular flexibility index (Phi) is 57.9. The molecule has 0 saturated carbocycles. The lowest BCUT2D eigenvalue weighted by atomic mass is 10.0. The number of hydrogen-bond donors (Lipinski definition) is 1. The maximum atomic E-state index is 12.9. The molecule has 1 N–H and O–H groups in total. The van der Waals surface area contributed by atoms with Gasteiger partial charge in [-0.25, -0.2) is 4.79 Å². The maximum Gasteiger partial charge on any atom is 0.361 e. The van der Waals surface area contributed by atoms with E-state index in [0.717, 1.165) is 77.0 Å². The van der Waals surface area contributed by atoms with Crippen LogP contribution < -0.4 is 0 Å². The Morgan fingerprint density at radius 3 is 1.08 bits per heavy atom. The van der Waals surface area contributed by atoms with Gasteiger partial charge in [-0.3, -0.25) is 9.59 Å². The van der Waals surface area contributed by atoms with Gasteiger partial charge in [-0.15, -0.1) is 0 Å². The van der Waals surface area contributed by atoms with Crippen molar-refractivity contribution in [2.45, 2.75) is 296 Å². The number of unbranched alkanes of at least 4 members (excludes halogenated alkanes) is 31. The molecule has 2 atom stereocenters. The van der Waals surface area contributed by atoms with Crippen LogP contribution in [0.4, 0.5) is 0 Å². The first-order valence-electron chi connectivity index (χ1n) is 32.8. The molecule has 9 nitrogen and oxygen atoms in total. The minimum atomic E-state index is -1.51. The molecule has 0 aromatic heterocycles. The monoisotopic (exact) mass is 1110 g/mol. The number of carbonyl (C=O) groups excluding carboxylic acids is 2. The fraction of sp³-hybridized carbons (Fsp3) is 0.757. The summed E-state index contributed by atoms with van der Waals surface area (Å²) < 4.78 is 23.0. The summed E-state index contributed by atoms with van der Waals surface area (Å²) in [5, 5.41) is 9.73. The number of rotatable bonds is 60. The van der Waals surface area contributed by atoms with Gasteiger partial charge < -0.3 is 28.5 Å². The van der Waals surface area contributed by atoms with E-state index in [1.165, 1.54) is 173 Å². The van der Waals surface area contributed by atoms with Crippen molar-refractivity contribution in [1.82, 2.24) is 0 Å². The third kappa shape index (κ3) is 61.9. The average Bonchev–Trinajstić information content (AvgIpc) is 3.42. The summed E-state index contributed by atoms with van der Waals surface area (Å²) in [5.41, 5.74) is 0. The molecule has 456 valence electrons. The van der Waals surface area contributed by atoms with Crippen molar-refractivity contribution in [1.29, 1.82) is 0 Å². The Labute approximate surface area is 487 Å². The second-order valence-electron chi connectivity index (χ2n) is 23.0. The predicted octanol–water partition coefficient (Wildman–Crippen LogP) is 19.9. The lowest BCUT2D eigenvalue weighted by Crippen LogP contribution is -2.40. The molecule has 0 aromatic carbocycles. The number of carboxylic acids is 1. The first-order valence-corrected chi connectivity index (χ1v) is 32.8. The number of allylic oxidation sites excluding steroid dienone is 14. The molecule has 0 spiro atoms. The van der Waals surface area contributed by atoms with E-state index in [9.17, 15) is 19.5 Å². The van der Waals surface area contributed by atoms with Crippen LogP contribution in [0.25, 0.3) is 0 Å². The normalized spacial score (nSPS) is 13.3. The van der Waals surface area contributed by atoms with E-state index in [-0.39, 0.29) is 32.2 Å². The van der Waals surface area contributed by atoms with E-state index in [4.69, 9.17) is 18.9 Å². The molecular formula is C70H124NO8+. The summed E-state index contributed by atoms with van der Waals surface area (Å²) in [4.78, 5) is 37.6. The van der Waals surface area contributed by atoms with Crippen LogP contribution in [0, 0.1) is 0 Å². The van der Waals surface area contributed by atoms with Gasteiger partial charge in [0.05, 0.1) is 34.4 Å². The predicted molar refractivity (Wildman–Crippen MR) is 336 cm³/mol. The van der Waals surface area contributed by atoms with Gasteiger partial charge in [0.1, 0.15) is 13.2 Å². The first-order chi connectivity index (χ1) is 38.6. The molecule has 0 aliphatic rings. The van der Waals surface area contributed by atoms with Crippen molar-refractivity contribution in [2.75, 3.05) is 47.5 Å². The number of quaternary nitrogens is 1. The molecule has 0 bridgehead atoms. The summed E-state index contributed by atoms with van der Waals surface area (Å²) in [6.45, 7) is 4.78. The van der Waals surface area contributed by atoms with E-state index >= 15 is 0 Å². The van der Waals surface area contributed by atoms with Gasteiger partial charge in [-0.1, -0.05) is 266 Å². The van der Waals surface area contributed by atoms with E-state index in [0.29, 0.717) is 23.9 Å². The molecule has 9 heteroatoms. The highest BCUT2D eigenvalue weighted by Crippen LogP contribution is 2.17. The second kappa shape index (κ2) is 60.6. The number of carboxylic acid groups (broad SMARTS) is 1. The van der Waals surface area contributed by atoms with Crippen LogP contribution >= 0.6 is 0 Å². The summed E-state index contributed by atoms with van der Waals surface area (Å²) in [5.74, 6) is -2.00. The largest absolute Gasteiger partial charge is 0.477 e. The van der Waals surface area contributed by atoms with Gasteiger partial charge in [0.25, 0.3) is 6.29 Å². The summed E-state index contributed by atoms with van der Waals surface area (Å²) in [6, 6.07) is 0.